The number of aliphatic hydroxyl groups is 2. The van der Waals surface area contributed by atoms with Gasteiger partial charge < -0.3 is 15.5 Å². The summed E-state index contributed by atoms with van der Waals surface area (Å²) >= 11 is 0. The van der Waals surface area contributed by atoms with Crippen LogP contribution in [0.15, 0.2) is 0 Å². The van der Waals surface area contributed by atoms with Gasteiger partial charge in [0.25, 0.3) is 0 Å². The van der Waals surface area contributed by atoms with Gasteiger partial charge in [-0.15, -0.1) is 0 Å². The molecule has 4 nitrogen and oxygen atoms in total. The molecule has 0 spiro atoms. The molecule has 0 bridgehead atoms. The fourth-order valence-electron chi connectivity index (χ4n) is 6.71. The topological polar surface area (TPSA) is 69.6 Å². The smallest absolute Gasteiger partial charge is 0.248 e. The highest BCUT2D eigenvalue weighted by Crippen LogP contribution is 2.16. The van der Waals surface area contributed by atoms with Crippen molar-refractivity contribution in [2.24, 2.45) is 0 Å². The largest absolute Gasteiger partial charge is 0.393 e. The number of rotatable bonds is 39. The molecule has 46 heavy (non-hydrogen) atoms. The Hall–Kier alpha value is -0.610. The quantitative estimate of drug-likeness (QED) is 0.0579. The van der Waals surface area contributed by atoms with Crippen molar-refractivity contribution in [3.63, 3.8) is 0 Å². The molecule has 0 aromatic rings. The number of hydrogen-bond acceptors (Lipinski definition) is 3. The van der Waals surface area contributed by atoms with E-state index in [1.54, 1.807) is 0 Å². The number of carbonyl (C=O) groups excluding carboxylic acids is 1. The second kappa shape index (κ2) is 38.8. The standard InChI is InChI=1S/C42H85NO3/c1-3-5-6-7-8-9-10-11-12-13-14-15-16-17-20-23-26-29-32-35-38-41(45)42(46)43-39-36-33-30-27-24-21-18-19-22-25-28-31-34-37-40(44)4-2/h40-41,44-45H,3-39H2,1-2H3,(H,43,46)/t40?,41-/m1/s1. The summed E-state index contributed by atoms with van der Waals surface area (Å²) in [6.07, 6.45) is 45.6. The Balaban J connectivity index is 3.26. The summed E-state index contributed by atoms with van der Waals surface area (Å²) in [6, 6.07) is 0. The maximum absolute atomic E-state index is 12.2. The van der Waals surface area contributed by atoms with E-state index >= 15 is 0 Å². The summed E-state index contributed by atoms with van der Waals surface area (Å²) < 4.78 is 0. The monoisotopic (exact) mass is 652 g/mol. The molecule has 0 saturated heterocycles. The molecule has 0 radical (unpaired) electrons. The Labute approximate surface area is 289 Å². The average molecular weight is 652 g/mol. The van der Waals surface area contributed by atoms with Crippen molar-refractivity contribution in [3.05, 3.63) is 0 Å². The van der Waals surface area contributed by atoms with Crippen LogP contribution in [0.2, 0.25) is 0 Å². The summed E-state index contributed by atoms with van der Waals surface area (Å²) in [7, 11) is 0. The molecule has 0 heterocycles. The first-order valence-electron chi connectivity index (χ1n) is 21.3. The van der Waals surface area contributed by atoms with Gasteiger partial charge in [0.15, 0.2) is 0 Å². The fraction of sp³-hybridized carbons (Fsp3) is 0.976. The van der Waals surface area contributed by atoms with Gasteiger partial charge in [-0.2, -0.15) is 0 Å². The fourth-order valence-corrected chi connectivity index (χ4v) is 6.71. The number of carbonyl (C=O) groups is 1. The van der Waals surface area contributed by atoms with Crippen LogP contribution in [0.5, 0.6) is 0 Å². The van der Waals surface area contributed by atoms with Gasteiger partial charge in [0.1, 0.15) is 6.10 Å². The Morgan fingerprint density at radius 2 is 0.696 bits per heavy atom. The summed E-state index contributed by atoms with van der Waals surface area (Å²) in [5.41, 5.74) is 0. The molecule has 0 saturated carbocycles. The summed E-state index contributed by atoms with van der Waals surface area (Å²) in [6.45, 7) is 5.05. The summed E-state index contributed by atoms with van der Waals surface area (Å²) in [5, 5.41) is 22.7. The molecule has 1 amide bonds. The first-order chi connectivity index (χ1) is 22.6. The molecule has 0 rings (SSSR count). The van der Waals surface area contributed by atoms with Crippen LogP contribution in [0, 0.1) is 0 Å². The van der Waals surface area contributed by atoms with E-state index in [1.807, 2.05) is 0 Å². The number of nitrogens with one attached hydrogen (secondary N) is 1. The summed E-state index contributed by atoms with van der Waals surface area (Å²) in [4.78, 5) is 12.2. The van der Waals surface area contributed by atoms with Crippen LogP contribution in [0.1, 0.15) is 245 Å². The normalized spacial score (nSPS) is 12.9. The van der Waals surface area contributed by atoms with Crippen molar-refractivity contribution in [2.75, 3.05) is 6.54 Å². The lowest BCUT2D eigenvalue weighted by molar-refractivity contribution is -0.129. The first-order valence-corrected chi connectivity index (χ1v) is 21.3. The van der Waals surface area contributed by atoms with E-state index in [4.69, 9.17) is 0 Å². The lowest BCUT2D eigenvalue weighted by Gasteiger charge is -2.11. The molecule has 0 aliphatic carbocycles. The van der Waals surface area contributed by atoms with Crippen molar-refractivity contribution >= 4 is 5.91 Å². The van der Waals surface area contributed by atoms with E-state index < -0.39 is 6.10 Å². The van der Waals surface area contributed by atoms with Crippen molar-refractivity contribution in [1.82, 2.24) is 5.32 Å². The minimum atomic E-state index is -0.829. The Bertz CT molecular complexity index is 583. The van der Waals surface area contributed by atoms with Gasteiger partial charge in [0, 0.05) is 6.54 Å². The van der Waals surface area contributed by atoms with E-state index in [9.17, 15) is 15.0 Å². The zero-order valence-electron chi connectivity index (χ0n) is 31.6. The van der Waals surface area contributed by atoms with Crippen molar-refractivity contribution < 1.29 is 15.0 Å². The molecule has 0 aromatic carbocycles. The van der Waals surface area contributed by atoms with Crippen LogP contribution in [-0.2, 0) is 4.79 Å². The minimum absolute atomic E-state index is 0.0837. The van der Waals surface area contributed by atoms with Gasteiger partial charge in [0.2, 0.25) is 5.91 Å². The highest BCUT2D eigenvalue weighted by molar-refractivity contribution is 5.80. The van der Waals surface area contributed by atoms with Crippen LogP contribution in [-0.4, -0.2) is 34.9 Å². The van der Waals surface area contributed by atoms with Gasteiger partial charge in [-0.1, -0.05) is 219 Å². The molecule has 0 aliphatic heterocycles. The molecule has 2 atom stereocenters. The third-order valence-electron chi connectivity index (χ3n) is 10.1. The predicted molar refractivity (Wildman–Crippen MR) is 203 cm³/mol. The van der Waals surface area contributed by atoms with Gasteiger partial charge in [0.05, 0.1) is 6.10 Å². The SMILES string of the molecule is CCCCCCCCCCCCCCCCCCCCCC[C@@H](O)C(=O)NCCCCCCCCCCCCCCCC(O)CC. The van der Waals surface area contributed by atoms with Crippen LogP contribution in [0.4, 0.5) is 0 Å². The lowest BCUT2D eigenvalue weighted by atomic mass is 10.0. The van der Waals surface area contributed by atoms with E-state index in [2.05, 4.69) is 19.2 Å². The average Bonchev–Trinajstić information content (AvgIpc) is 3.06. The highest BCUT2D eigenvalue weighted by Gasteiger charge is 2.13. The number of amides is 1. The molecular weight excluding hydrogens is 566 g/mol. The third kappa shape index (κ3) is 36.2. The molecule has 1 unspecified atom stereocenters. The van der Waals surface area contributed by atoms with Gasteiger partial charge in [-0.3, -0.25) is 4.79 Å². The number of hydrogen-bond donors (Lipinski definition) is 3. The molecule has 0 aromatic heterocycles. The number of unbranched alkanes of at least 4 members (excludes halogenated alkanes) is 31. The zero-order chi connectivity index (χ0) is 33.6. The zero-order valence-corrected chi connectivity index (χ0v) is 31.6. The maximum Gasteiger partial charge on any atom is 0.248 e. The second-order valence-corrected chi connectivity index (χ2v) is 14.8. The van der Waals surface area contributed by atoms with Crippen LogP contribution in [0.25, 0.3) is 0 Å². The van der Waals surface area contributed by atoms with E-state index in [0.717, 1.165) is 32.1 Å². The van der Waals surface area contributed by atoms with E-state index in [-0.39, 0.29) is 12.0 Å². The number of aliphatic hydroxyl groups excluding tert-OH is 2. The Morgan fingerprint density at radius 3 is 1.02 bits per heavy atom. The predicted octanol–water partition coefficient (Wildman–Crippen LogP) is 12.9. The molecule has 0 fully saturated rings. The molecule has 276 valence electrons. The second-order valence-electron chi connectivity index (χ2n) is 14.8. The first kappa shape index (κ1) is 45.4. The van der Waals surface area contributed by atoms with Gasteiger partial charge in [-0.05, 0) is 25.7 Å². The molecule has 0 aliphatic rings. The van der Waals surface area contributed by atoms with Crippen molar-refractivity contribution in [1.29, 1.82) is 0 Å². The van der Waals surface area contributed by atoms with Gasteiger partial charge in [-0.25, -0.2) is 0 Å². The van der Waals surface area contributed by atoms with E-state index in [0.29, 0.717) is 13.0 Å². The van der Waals surface area contributed by atoms with E-state index in [1.165, 1.54) is 193 Å². The van der Waals surface area contributed by atoms with Crippen molar-refractivity contribution in [2.45, 2.75) is 257 Å². The highest BCUT2D eigenvalue weighted by atomic mass is 16.3. The van der Waals surface area contributed by atoms with Gasteiger partial charge >= 0.3 is 0 Å². The lowest BCUT2D eigenvalue weighted by Crippen LogP contribution is -2.35. The minimum Gasteiger partial charge on any atom is -0.393 e. The molecule has 3 N–H and O–H groups in total. The van der Waals surface area contributed by atoms with Crippen LogP contribution >= 0.6 is 0 Å². The Morgan fingerprint density at radius 1 is 0.413 bits per heavy atom. The Kier molecular flexibility index (Phi) is 38.3. The third-order valence-corrected chi connectivity index (χ3v) is 10.1. The van der Waals surface area contributed by atoms with Crippen LogP contribution < -0.4 is 5.32 Å². The molecular formula is C42H85NO3. The summed E-state index contributed by atoms with van der Waals surface area (Å²) in [5.74, 6) is -0.170. The van der Waals surface area contributed by atoms with Crippen molar-refractivity contribution in [3.8, 4) is 0 Å². The molecule has 4 heteroatoms. The maximum atomic E-state index is 12.2. The van der Waals surface area contributed by atoms with Crippen LogP contribution in [0.3, 0.4) is 0 Å².